The van der Waals surface area contributed by atoms with E-state index in [1.54, 1.807) is 0 Å². The molecule has 1 aliphatic rings. The third-order valence-corrected chi connectivity index (χ3v) is 4.20. The molecule has 0 radical (unpaired) electrons. The first-order valence-electron chi connectivity index (χ1n) is 8.10. The molecule has 0 aliphatic carbocycles. The summed E-state index contributed by atoms with van der Waals surface area (Å²) in [5.41, 5.74) is 2.26. The van der Waals surface area contributed by atoms with Crippen LogP contribution in [-0.2, 0) is 11.3 Å². The zero-order chi connectivity index (χ0) is 18.1. The first-order chi connectivity index (χ1) is 12.6. The average Bonchev–Trinajstić information content (AvgIpc) is 3.22. The molecule has 3 aromatic rings. The fraction of sp³-hybridized carbons (Fsp3) is 0.278. The highest BCUT2D eigenvalue weighted by Crippen LogP contribution is 2.32. The van der Waals surface area contributed by atoms with Crippen molar-refractivity contribution in [3.63, 3.8) is 0 Å². The predicted molar refractivity (Wildman–Crippen MR) is 91.2 cm³/mol. The number of aryl methyl sites for hydroxylation is 2. The third kappa shape index (κ3) is 3.01. The van der Waals surface area contributed by atoms with E-state index in [9.17, 15) is 4.79 Å². The summed E-state index contributed by atoms with van der Waals surface area (Å²) in [7, 11) is 0. The van der Waals surface area contributed by atoms with Gasteiger partial charge in [0.1, 0.15) is 17.5 Å². The van der Waals surface area contributed by atoms with Gasteiger partial charge in [0.05, 0.1) is 0 Å². The van der Waals surface area contributed by atoms with Crippen LogP contribution in [0.4, 0.5) is 0 Å². The summed E-state index contributed by atoms with van der Waals surface area (Å²) >= 11 is 0. The Morgan fingerprint density at radius 2 is 2.08 bits per heavy atom. The van der Waals surface area contributed by atoms with Crippen molar-refractivity contribution in [3.8, 4) is 17.4 Å². The number of rotatable bonds is 5. The summed E-state index contributed by atoms with van der Waals surface area (Å²) in [6.07, 6.45) is 1.35. The number of hydrogen-bond donors (Lipinski definition) is 1. The number of fused-ring (bicyclic) bond motifs is 2. The van der Waals surface area contributed by atoms with E-state index in [1.807, 2.05) is 32.0 Å². The fourth-order valence-corrected chi connectivity index (χ4v) is 2.70. The van der Waals surface area contributed by atoms with Gasteiger partial charge < -0.3 is 23.9 Å². The second-order valence-electron chi connectivity index (χ2n) is 5.90. The molecule has 0 atom stereocenters. The van der Waals surface area contributed by atoms with Gasteiger partial charge in [0.25, 0.3) is 5.91 Å². The molecule has 8 heteroatoms. The topological polar surface area (TPSA) is 95.7 Å². The Balaban J connectivity index is 1.37. The maximum atomic E-state index is 12.1. The van der Waals surface area contributed by atoms with Gasteiger partial charge in [0, 0.05) is 12.1 Å². The summed E-state index contributed by atoms with van der Waals surface area (Å²) in [6.45, 7) is 4.18. The minimum atomic E-state index is -0.257. The van der Waals surface area contributed by atoms with Gasteiger partial charge >= 0.3 is 0 Å². The predicted octanol–water partition coefficient (Wildman–Crippen LogP) is 2.26. The van der Waals surface area contributed by atoms with Crippen molar-refractivity contribution < 1.29 is 23.4 Å². The molecule has 0 saturated carbocycles. The Labute approximate surface area is 149 Å². The normalized spacial score (nSPS) is 12.4. The lowest BCUT2D eigenvalue weighted by atomic mass is 10.2. The summed E-state index contributed by atoms with van der Waals surface area (Å²) in [4.78, 5) is 20.3. The summed E-state index contributed by atoms with van der Waals surface area (Å²) in [6, 6.07) is 5.54. The molecular formula is C18H17N3O5. The zero-order valence-corrected chi connectivity index (χ0v) is 14.4. The lowest BCUT2D eigenvalue weighted by Crippen LogP contribution is -2.28. The van der Waals surface area contributed by atoms with Crippen molar-refractivity contribution in [2.45, 2.75) is 20.4 Å². The van der Waals surface area contributed by atoms with Crippen molar-refractivity contribution in [2.75, 3.05) is 13.4 Å². The number of hydrogen-bond acceptors (Lipinski definition) is 7. The monoisotopic (exact) mass is 355 g/mol. The number of furan rings is 1. The standard InChI is InChI=1S/C18H17N3O5/c1-10-11(2)26-18-16(10)17(20-8-21-18)23-7-15(22)19-6-12-3-4-13-14(5-12)25-9-24-13/h3-5,8H,6-7,9H2,1-2H3,(H,19,22). The van der Waals surface area contributed by atoms with Gasteiger partial charge in [-0.05, 0) is 31.5 Å². The molecule has 1 N–H and O–H groups in total. The van der Waals surface area contributed by atoms with E-state index in [1.165, 1.54) is 6.33 Å². The van der Waals surface area contributed by atoms with E-state index in [-0.39, 0.29) is 19.3 Å². The molecule has 0 spiro atoms. The first kappa shape index (κ1) is 16.2. The molecule has 0 bridgehead atoms. The lowest BCUT2D eigenvalue weighted by Gasteiger charge is -2.08. The van der Waals surface area contributed by atoms with Crippen LogP contribution < -0.4 is 19.5 Å². The molecule has 134 valence electrons. The second-order valence-corrected chi connectivity index (χ2v) is 5.90. The van der Waals surface area contributed by atoms with E-state index in [4.69, 9.17) is 18.6 Å². The number of nitrogens with zero attached hydrogens (tertiary/aromatic N) is 2. The van der Waals surface area contributed by atoms with Crippen molar-refractivity contribution in [2.24, 2.45) is 0 Å². The van der Waals surface area contributed by atoms with Crippen LogP contribution in [0.2, 0.25) is 0 Å². The molecule has 0 fully saturated rings. The minimum Gasteiger partial charge on any atom is -0.467 e. The van der Waals surface area contributed by atoms with Crippen molar-refractivity contribution in [3.05, 3.63) is 41.4 Å². The molecule has 4 rings (SSSR count). The second kappa shape index (κ2) is 6.55. The molecular weight excluding hydrogens is 338 g/mol. The van der Waals surface area contributed by atoms with Gasteiger partial charge in [0.2, 0.25) is 18.4 Å². The van der Waals surface area contributed by atoms with Crippen LogP contribution in [0.15, 0.2) is 28.9 Å². The maximum Gasteiger partial charge on any atom is 0.258 e. The minimum absolute atomic E-state index is 0.152. The van der Waals surface area contributed by atoms with Crippen LogP contribution in [0.1, 0.15) is 16.9 Å². The quantitative estimate of drug-likeness (QED) is 0.750. The number of benzene rings is 1. The van der Waals surface area contributed by atoms with E-state index in [0.717, 1.165) is 16.9 Å². The number of carbonyl (C=O) groups is 1. The highest BCUT2D eigenvalue weighted by molar-refractivity contribution is 5.84. The van der Waals surface area contributed by atoms with E-state index >= 15 is 0 Å². The van der Waals surface area contributed by atoms with Crippen LogP contribution in [0, 0.1) is 13.8 Å². The first-order valence-corrected chi connectivity index (χ1v) is 8.10. The molecule has 26 heavy (non-hydrogen) atoms. The highest BCUT2D eigenvalue weighted by Gasteiger charge is 2.16. The molecule has 3 heterocycles. The fourth-order valence-electron chi connectivity index (χ4n) is 2.70. The van der Waals surface area contributed by atoms with Crippen LogP contribution in [-0.4, -0.2) is 29.3 Å². The summed E-state index contributed by atoms with van der Waals surface area (Å²) < 4.78 is 21.7. The Morgan fingerprint density at radius 3 is 2.96 bits per heavy atom. The van der Waals surface area contributed by atoms with Gasteiger partial charge in [-0.3, -0.25) is 4.79 Å². The largest absolute Gasteiger partial charge is 0.467 e. The van der Waals surface area contributed by atoms with Crippen LogP contribution in [0.3, 0.4) is 0 Å². The van der Waals surface area contributed by atoms with E-state index in [0.29, 0.717) is 35.0 Å². The summed E-state index contributed by atoms with van der Waals surface area (Å²) in [5.74, 6) is 2.22. The molecule has 0 saturated heterocycles. The van der Waals surface area contributed by atoms with Gasteiger partial charge in [0.15, 0.2) is 18.1 Å². The van der Waals surface area contributed by atoms with Crippen LogP contribution in [0.25, 0.3) is 11.1 Å². The molecule has 8 nitrogen and oxygen atoms in total. The Hall–Kier alpha value is -3.29. The lowest BCUT2D eigenvalue weighted by molar-refractivity contribution is -0.123. The zero-order valence-electron chi connectivity index (χ0n) is 14.4. The van der Waals surface area contributed by atoms with Crippen LogP contribution in [0.5, 0.6) is 17.4 Å². The summed E-state index contributed by atoms with van der Waals surface area (Å²) in [5, 5.41) is 3.49. The molecule has 2 aromatic heterocycles. The average molecular weight is 355 g/mol. The SMILES string of the molecule is Cc1oc2ncnc(OCC(=O)NCc3ccc4c(c3)OCO4)c2c1C. The number of nitrogens with one attached hydrogen (secondary N) is 1. The van der Waals surface area contributed by atoms with Gasteiger partial charge in [-0.2, -0.15) is 0 Å². The highest BCUT2D eigenvalue weighted by atomic mass is 16.7. The van der Waals surface area contributed by atoms with Gasteiger partial charge in [-0.1, -0.05) is 6.07 Å². The Bertz CT molecular complexity index is 982. The van der Waals surface area contributed by atoms with Crippen molar-refractivity contribution in [1.29, 1.82) is 0 Å². The van der Waals surface area contributed by atoms with Gasteiger partial charge in [-0.15, -0.1) is 0 Å². The van der Waals surface area contributed by atoms with Crippen LogP contribution >= 0.6 is 0 Å². The number of ether oxygens (including phenoxy) is 3. The Morgan fingerprint density at radius 1 is 1.23 bits per heavy atom. The van der Waals surface area contributed by atoms with Gasteiger partial charge in [-0.25, -0.2) is 9.97 Å². The molecule has 1 aliphatic heterocycles. The number of aromatic nitrogens is 2. The maximum absolute atomic E-state index is 12.1. The van der Waals surface area contributed by atoms with E-state index < -0.39 is 0 Å². The molecule has 1 aromatic carbocycles. The molecule has 1 amide bonds. The Kier molecular flexibility index (Phi) is 4.08. The number of amides is 1. The number of carbonyl (C=O) groups excluding carboxylic acids is 1. The third-order valence-electron chi connectivity index (χ3n) is 4.20. The van der Waals surface area contributed by atoms with Crippen molar-refractivity contribution >= 4 is 17.0 Å². The smallest absolute Gasteiger partial charge is 0.258 e. The molecule has 0 unspecified atom stereocenters. The van der Waals surface area contributed by atoms with Crippen molar-refractivity contribution in [1.82, 2.24) is 15.3 Å². The van der Waals surface area contributed by atoms with E-state index in [2.05, 4.69) is 15.3 Å².